The molecule has 2 unspecified atom stereocenters. The summed E-state index contributed by atoms with van der Waals surface area (Å²) in [7, 11) is 0. The van der Waals surface area contributed by atoms with E-state index in [1.165, 1.54) is 6.20 Å². The summed E-state index contributed by atoms with van der Waals surface area (Å²) in [5.74, 6) is -1.11. The molecule has 36 heavy (non-hydrogen) atoms. The van der Waals surface area contributed by atoms with Gasteiger partial charge in [0.25, 0.3) is 6.43 Å². The third kappa shape index (κ3) is 4.97. The van der Waals surface area contributed by atoms with Crippen molar-refractivity contribution < 1.29 is 27.1 Å². The molecule has 0 bridgehead atoms. The molecule has 3 aromatic heterocycles. The van der Waals surface area contributed by atoms with Gasteiger partial charge < -0.3 is 9.14 Å². The van der Waals surface area contributed by atoms with Crippen LogP contribution < -0.4 is 0 Å². The molecule has 1 saturated heterocycles. The van der Waals surface area contributed by atoms with E-state index >= 15 is 0 Å². The number of esters is 1. The third-order valence-electron chi connectivity index (χ3n) is 6.72. The van der Waals surface area contributed by atoms with Crippen LogP contribution in [0.5, 0.6) is 0 Å². The van der Waals surface area contributed by atoms with Crippen LogP contribution in [0.4, 0.5) is 17.6 Å². The van der Waals surface area contributed by atoms with Gasteiger partial charge in [0.15, 0.2) is 0 Å². The molecule has 6 nitrogen and oxygen atoms in total. The molecule has 4 heterocycles. The zero-order valence-corrected chi connectivity index (χ0v) is 20.7. The standard InChI is InChI=1S/C26H30F4N4O2/c1-15(2)36-26(35)20-14-21-18(19-6-5-8-31-24(19)29)7-9-34(21)22(16(20)3)17(4)32-10-12-33(13-11-32)25(30)23(27)28/h5-9,14-15,17,23,25H,10-13H2,1-4H3. The van der Waals surface area contributed by atoms with Gasteiger partial charge in [0, 0.05) is 61.4 Å². The maximum absolute atomic E-state index is 14.6. The monoisotopic (exact) mass is 506 g/mol. The largest absolute Gasteiger partial charge is 0.459 e. The lowest BCUT2D eigenvalue weighted by atomic mass is 9.99. The first-order valence-electron chi connectivity index (χ1n) is 12.0. The van der Waals surface area contributed by atoms with E-state index in [0.29, 0.717) is 40.9 Å². The Bertz CT molecular complexity index is 1240. The Kier molecular flexibility index (Phi) is 7.65. The number of carbonyl (C=O) groups excluding carboxylic acids is 1. The number of rotatable bonds is 7. The second kappa shape index (κ2) is 10.6. The predicted octanol–water partition coefficient (Wildman–Crippen LogP) is 5.25. The number of pyridine rings is 2. The van der Waals surface area contributed by atoms with E-state index in [4.69, 9.17) is 4.74 Å². The van der Waals surface area contributed by atoms with Gasteiger partial charge in [-0.3, -0.25) is 9.80 Å². The van der Waals surface area contributed by atoms with Crippen LogP contribution in [0, 0.1) is 12.9 Å². The lowest BCUT2D eigenvalue weighted by Gasteiger charge is -2.39. The van der Waals surface area contributed by atoms with Gasteiger partial charge in [-0.15, -0.1) is 0 Å². The number of nitrogens with zero attached hydrogens (tertiary/aromatic N) is 4. The number of ether oxygens (including phenoxy) is 1. The Morgan fingerprint density at radius 3 is 2.31 bits per heavy atom. The minimum absolute atomic E-state index is 0.158. The Morgan fingerprint density at radius 1 is 1.03 bits per heavy atom. The van der Waals surface area contributed by atoms with Crippen LogP contribution in [-0.2, 0) is 4.74 Å². The first-order valence-corrected chi connectivity index (χ1v) is 12.0. The average Bonchev–Trinajstić information content (AvgIpc) is 3.25. The van der Waals surface area contributed by atoms with Crippen LogP contribution in [0.3, 0.4) is 0 Å². The fraction of sp³-hybridized carbons (Fsp3) is 0.462. The van der Waals surface area contributed by atoms with Gasteiger partial charge in [-0.1, -0.05) is 0 Å². The van der Waals surface area contributed by atoms with Crippen molar-refractivity contribution in [2.45, 2.75) is 52.6 Å². The van der Waals surface area contributed by atoms with Gasteiger partial charge in [0.1, 0.15) is 0 Å². The Morgan fingerprint density at radius 2 is 1.69 bits per heavy atom. The van der Waals surface area contributed by atoms with Crippen LogP contribution in [0.25, 0.3) is 16.6 Å². The topological polar surface area (TPSA) is 50.1 Å². The summed E-state index contributed by atoms with van der Waals surface area (Å²) in [5, 5.41) is 0. The molecular formula is C26H30F4N4O2. The van der Waals surface area contributed by atoms with Crippen LogP contribution >= 0.6 is 0 Å². The SMILES string of the molecule is Cc1c(C(=O)OC(C)C)cc2c(-c3cccnc3F)ccn2c1C(C)N1CCN(C(F)C(F)F)CC1. The summed E-state index contributed by atoms with van der Waals surface area (Å²) in [6.07, 6.45) is -2.47. The van der Waals surface area contributed by atoms with E-state index in [0.717, 1.165) is 10.6 Å². The van der Waals surface area contributed by atoms with E-state index in [1.807, 2.05) is 24.4 Å². The molecule has 1 aliphatic heterocycles. The third-order valence-corrected chi connectivity index (χ3v) is 6.72. The molecule has 1 fully saturated rings. The number of aromatic nitrogens is 2. The summed E-state index contributed by atoms with van der Waals surface area (Å²) in [4.78, 5) is 20.0. The average molecular weight is 507 g/mol. The van der Waals surface area contributed by atoms with Crippen molar-refractivity contribution >= 4 is 11.5 Å². The molecule has 0 aromatic carbocycles. The number of carbonyl (C=O) groups is 1. The van der Waals surface area contributed by atoms with E-state index in [2.05, 4.69) is 9.88 Å². The molecule has 1 aliphatic rings. The van der Waals surface area contributed by atoms with Gasteiger partial charge in [-0.05, 0) is 57.5 Å². The summed E-state index contributed by atoms with van der Waals surface area (Å²) in [6.45, 7) is 8.38. The number of fused-ring (bicyclic) bond motifs is 1. The second-order valence-corrected chi connectivity index (χ2v) is 9.30. The van der Waals surface area contributed by atoms with Crippen molar-refractivity contribution in [1.82, 2.24) is 19.2 Å². The molecule has 2 atom stereocenters. The molecule has 0 saturated carbocycles. The van der Waals surface area contributed by atoms with Crippen molar-refractivity contribution in [3.05, 3.63) is 59.4 Å². The quantitative estimate of drug-likeness (QED) is 0.190. The molecule has 194 valence electrons. The van der Waals surface area contributed by atoms with Crippen molar-refractivity contribution in [2.24, 2.45) is 0 Å². The Labute approximate surface area is 207 Å². The zero-order chi connectivity index (χ0) is 26.1. The summed E-state index contributed by atoms with van der Waals surface area (Å²) in [6, 6.07) is 6.50. The van der Waals surface area contributed by atoms with Gasteiger partial charge >= 0.3 is 5.97 Å². The van der Waals surface area contributed by atoms with Crippen LogP contribution in [0.2, 0.25) is 0 Å². The number of halogens is 4. The maximum atomic E-state index is 14.6. The minimum atomic E-state index is -3.05. The molecule has 0 N–H and O–H groups in total. The van der Waals surface area contributed by atoms with Crippen molar-refractivity contribution in [3.8, 4) is 11.1 Å². The number of alkyl halides is 3. The molecule has 10 heteroatoms. The van der Waals surface area contributed by atoms with Gasteiger partial charge in [0.05, 0.1) is 17.2 Å². The highest BCUT2D eigenvalue weighted by Crippen LogP contribution is 2.35. The lowest BCUT2D eigenvalue weighted by molar-refractivity contribution is -0.0688. The lowest BCUT2D eigenvalue weighted by Crippen LogP contribution is -2.51. The summed E-state index contributed by atoms with van der Waals surface area (Å²) >= 11 is 0. The molecule has 3 aromatic rings. The van der Waals surface area contributed by atoms with E-state index in [9.17, 15) is 22.4 Å². The highest BCUT2D eigenvalue weighted by molar-refractivity contribution is 5.95. The van der Waals surface area contributed by atoms with Gasteiger partial charge in [-0.2, -0.15) is 4.39 Å². The molecule has 0 amide bonds. The molecular weight excluding hydrogens is 476 g/mol. The first-order chi connectivity index (χ1) is 17.1. The maximum Gasteiger partial charge on any atom is 0.338 e. The molecule has 0 radical (unpaired) electrons. The van der Waals surface area contributed by atoms with Crippen LogP contribution in [0.15, 0.2) is 36.7 Å². The fourth-order valence-corrected chi connectivity index (χ4v) is 4.89. The van der Waals surface area contributed by atoms with Crippen molar-refractivity contribution in [1.29, 1.82) is 0 Å². The zero-order valence-electron chi connectivity index (χ0n) is 20.7. The molecule has 0 aliphatic carbocycles. The first kappa shape index (κ1) is 26.1. The van der Waals surface area contributed by atoms with E-state index in [1.54, 1.807) is 38.1 Å². The van der Waals surface area contributed by atoms with Crippen molar-refractivity contribution in [2.75, 3.05) is 26.2 Å². The van der Waals surface area contributed by atoms with Crippen molar-refractivity contribution in [3.63, 3.8) is 0 Å². The molecule has 4 rings (SSSR count). The number of hydrogen-bond donors (Lipinski definition) is 0. The summed E-state index contributed by atoms with van der Waals surface area (Å²) in [5.41, 5.74) is 3.35. The van der Waals surface area contributed by atoms with Gasteiger partial charge in [0.2, 0.25) is 12.2 Å². The highest BCUT2D eigenvalue weighted by atomic mass is 19.3. The van der Waals surface area contributed by atoms with Gasteiger partial charge in [-0.25, -0.2) is 22.9 Å². The Balaban J connectivity index is 1.78. The smallest absolute Gasteiger partial charge is 0.338 e. The summed E-state index contributed by atoms with van der Waals surface area (Å²) < 4.78 is 61.5. The molecule has 0 spiro atoms. The number of hydrogen-bond acceptors (Lipinski definition) is 5. The number of piperazine rings is 1. The van der Waals surface area contributed by atoms with E-state index in [-0.39, 0.29) is 25.2 Å². The minimum Gasteiger partial charge on any atom is -0.459 e. The van der Waals surface area contributed by atoms with Crippen LogP contribution in [-0.4, -0.2) is 70.2 Å². The normalized spacial score (nSPS) is 17.2. The highest BCUT2D eigenvalue weighted by Gasteiger charge is 2.33. The van der Waals surface area contributed by atoms with E-state index < -0.39 is 24.6 Å². The predicted molar refractivity (Wildman–Crippen MR) is 128 cm³/mol. The fourth-order valence-electron chi connectivity index (χ4n) is 4.89. The Hall–Kier alpha value is -2.98. The van der Waals surface area contributed by atoms with Crippen LogP contribution in [0.1, 0.15) is 48.4 Å². The second-order valence-electron chi connectivity index (χ2n) is 9.30.